The van der Waals surface area contributed by atoms with Gasteiger partial charge in [0.15, 0.2) is 5.75 Å². The van der Waals surface area contributed by atoms with E-state index >= 15 is 0 Å². The van der Waals surface area contributed by atoms with Crippen molar-refractivity contribution in [2.24, 2.45) is 5.92 Å². The molecule has 2 saturated heterocycles. The van der Waals surface area contributed by atoms with Crippen molar-refractivity contribution in [2.45, 2.75) is 25.9 Å². The lowest BCUT2D eigenvalue weighted by molar-refractivity contribution is -0.0248. The number of hydrogen-bond acceptors (Lipinski definition) is 10. The van der Waals surface area contributed by atoms with E-state index in [4.69, 9.17) is 14.2 Å². The minimum absolute atomic E-state index is 0.165. The van der Waals surface area contributed by atoms with Gasteiger partial charge in [-0.2, -0.15) is 4.98 Å². The second-order valence-corrected chi connectivity index (χ2v) is 8.33. The van der Waals surface area contributed by atoms with Crippen LogP contribution < -0.4 is 20.1 Å². The Morgan fingerprint density at radius 1 is 1.25 bits per heavy atom. The van der Waals surface area contributed by atoms with Crippen LogP contribution in [-0.4, -0.2) is 84.2 Å². The summed E-state index contributed by atoms with van der Waals surface area (Å²) in [4.78, 5) is 15.6. The van der Waals surface area contributed by atoms with Gasteiger partial charge in [-0.25, -0.2) is 9.97 Å². The Balaban J connectivity index is 1.38. The fourth-order valence-electron chi connectivity index (χ4n) is 3.75. The lowest BCUT2D eigenvalue weighted by Gasteiger charge is -2.26. The molecule has 0 bridgehead atoms. The summed E-state index contributed by atoms with van der Waals surface area (Å²) in [6.07, 6.45) is 3.43. The summed E-state index contributed by atoms with van der Waals surface area (Å²) in [6.45, 7) is 7.15. The van der Waals surface area contributed by atoms with Gasteiger partial charge in [0.25, 0.3) is 5.88 Å². The number of aryl methyl sites for hydroxylation is 1. The van der Waals surface area contributed by atoms with Crippen LogP contribution in [0.25, 0.3) is 0 Å². The summed E-state index contributed by atoms with van der Waals surface area (Å²) in [7, 11) is 1.54. The van der Waals surface area contributed by atoms with Crippen molar-refractivity contribution in [1.82, 2.24) is 19.9 Å². The molecule has 3 N–H and O–H groups in total. The minimum atomic E-state index is -0.579. The maximum Gasteiger partial charge on any atom is 0.256 e. The molecule has 2 aliphatic rings. The van der Waals surface area contributed by atoms with E-state index < -0.39 is 6.10 Å². The van der Waals surface area contributed by atoms with Crippen LogP contribution in [-0.2, 0) is 4.74 Å². The average Bonchev–Trinajstić information content (AvgIpc) is 3.24. The number of aliphatic hydroxyl groups is 1. The Hall–Kier alpha value is -2.69. The molecule has 174 valence electrons. The monoisotopic (exact) mass is 444 g/mol. The van der Waals surface area contributed by atoms with Crippen LogP contribution in [0.5, 0.6) is 11.6 Å². The Bertz CT molecular complexity index is 889. The SMILES string of the molecule is COc1ncc(Nc2nc(C)cc(NCC3COC3)n2)cc1OC[C@H](O)CN1CCCC1. The number of anilines is 3. The number of aliphatic hydroxyl groups excluding tert-OH is 1. The largest absolute Gasteiger partial charge is 0.485 e. The maximum atomic E-state index is 10.3. The van der Waals surface area contributed by atoms with Gasteiger partial charge in [-0.05, 0) is 32.9 Å². The molecule has 0 unspecified atom stereocenters. The first-order valence-corrected chi connectivity index (χ1v) is 11.1. The van der Waals surface area contributed by atoms with Crippen LogP contribution in [0.1, 0.15) is 18.5 Å². The summed E-state index contributed by atoms with van der Waals surface area (Å²) >= 11 is 0. The molecular weight excluding hydrogens is 412 g/mol. The van der Waals surface area contributed by atoms with Gasteiger partial charge in [0, 0.05) is 36.8 Å². The summed E-state index contributed by atoms with van der Waals surface area (Å²) in [5, 5.41) is 16.9. The molecule has 2 aliphatic heterocycles. The van der Waals surface area contributed by atoms with Gasteiger partial charge in [-0.3, -0.25) is 0 Å². The van der Waals surface area contributed by atoms with Crippen molar-refractivity contribution in [3.63, 3.8) is 0 Å². The second-order valence-electron chi connectivity index (χ2n) is 8.33. The van der Waals surface area contributed by atoms with Crippen molar-refractivity contribution in [1.29, 1.82) is 0 Å². The molecule has 32 heavy (non-hydrogen) atoms. The van der Waals surface area contributed by atoms with E-state index in [1.165, 1.54) is 20.0 Å². The standard InChI is InChI=1S/C22H32N6O4/c1-15-7-20(23-9-16-12-31-13-16)27-22(25-15)26-17-8-19(21(30-2)24-10-17)32-14-18(29)11-28-5-3-4-6-28/h7-8,10,16,18,29H,3-6,9,11-14H2,1-2H3,(H2,23,25,26,27)/t18-/m1/s1. The molecule has 0 radical (unpaired) electrons. The lowest BCUT2D eigenvalue weighted by Crippen LogP contribution is -2.33. The van der Waals surface area contributed by atoms with Gasteiger partial charge in [-0.1, -0.05) is 0 Å². The van der Waals surface area contributed by atoms with Gasteiger partial charge in [0.05, 0.1) is 32.2 Å². The molecule has 2 fully saturated rings. The highest BCUT2D eigenvalue weighted by Gasteiger charge is 2.19. The molecule has 2 aromatic rings. The zero-order valence-electron chi connectivity index (χ0n) is 18.7. The molecule has 10 heteroatoms. The molecule has 0 saturated carbocycles. The van der Waals surface area contributed by atoms with E-state index in [1.54, 1.807) is 12.3 Å². The molecule has 2 aromatic heterocycles. The maximum absolute atomic E-state index is 10.3. The topological polar surface area (TPSA) is 114 Å². The second kappa shape index (κ2) is 10.8. The van der Waals surface area contributed by atoms with Gasteiger partial charge < -0.3 is 34.9 Å². The Morgan fingerprint density at radius 3 is 2.78 bits per heavy atom. The first-order valence-electron chi connectivity index (χ1n) is 11.1. The van der Waals surface area contributed by atoms with Crippen molar-refractivity contribution >= 4 is 17.5 Å². The van der Waals surface area contributed by atoms with Crippen LogP contribution in [0.2, 0.25) is 0 Å². The average molecular weight is 445 g/mol. The number of ether oxygens (including phenoxy) is 3. The number of methoxy groups -OCH3 is 1. The van der Waals surface area contributed by atoms with Crippen molar-refractivity contribution < 1.29 is 19.3 Å². The molecular formula is C22H32N6O4. The van der Waals surface area contributed by atoms with Crippen LogP contribution >= 0.6 is 0 Å². The molecule has 10 nitrogen and oxygen atoms in total. The van der Waals surface area contributed by atoms with Crippen LogP contribution in [0.4, 0.5) is 17.5 Å². The fraction of sp³-hybridized carbons (Fsp3) is 0.591. The molecule has 0 aromatic carbocycles. The normalized spacial score (nSPS) is 17.6. The summed E-state index contributed by atoms with van der Waals surface area (Å²) in [5.74, 6) is 2.56. The molecule has 4 heterocycles. The van der Waals surface area contributed by atoms with Gasteiger partial charge in [0.1, 0.15) is 18.5 Å². The Labute approximate surface area is 188 Å². The van der Waals surface area contributed by atoms with Crippen molar-refractivity contribution in [3.05, 3.63) is 24.0 Å². The van der Waals surface area contributed by atoms with E-state index in [9.17, 15) is 5.11 Å². The number of aromatic nitrogens is 3. The quantitative estimate of drug-likeness (QED) is 0.474. The number of hydrogen-bond donors (Lipinski definition) is 3. The predicted molar refractivity (Wildman–Crippen MR) is 121 cm³/mol. The third-order valence-corrected chi connectivity index (χ3v) is 5.50. The predicted octanol–water partition coefficient (Wildman–Crippen LogP) is 1.83. The number of pyridine rings is 1. The number of nitrogens with one attached hydrogen (secondary N) is 2. The Morgan fingerprint density at radius 2 is 2.06 bits per heavy atom. The van der Waals surface area contributed by atoms with Gasteiger partial charge in [0.2, 0.25) is 5.95 Å². The summed E-state index contributed by atoms with van der Waals surface area (Å²) in [6, 6.07) is 3.69. The number of rotatable bonds is 11. The van der Waals surface area contributed by atoms with Crippen LogP contribution in [0.3, 0.4) is 0 Å². The lowest BCUT2D eigenvalue weighted by atomic mass is 10.1. The van der Waals surface area contributed by atoms with E-state index in [0.717, 1.165) is 44.4 Å². The number of nitrogens with zero attached hydrogens (tertiary/aromatic N) is 4. The highest BCUT2D eigenvalue weighted by Crippen LogP contribution is 2.29. The van der Waals surface area contributed by atoms with E-state index in [0.29, 0.717) is 35.7 Å². The van der Waals surface area contributed by atoms with Crippen molar-refractivity contribution in [3.8, 4) is 11.6 Å². The molecule has 1 atom stereocenters. The molecule has 4 rings (SSSR count). The van der Waals surface area contributed by atoms with E-state index in [2.05, 4.69) is 30.5 Å². The van der Waals surface area contributed by atoms with E-state index in [1.807, 2.05) is 13.0 Å². The number of likely N-dealkylation sites (tertiary alicyclic amines) is 1. The van der Waals surface area contributed by atoms with Crippen LogP contribution in [0, 0.1) is 12.8 Å². The zero-order chi connectivity index (χ0) is 22.3. The minimum Gasteiger partial charge on any atom is -0.485 e. The summed E-state index contributed by atoms with van der Waals surface area (Å²) < 4.78 is 16.4. The first-order chi connectivity index (χ1) is 15.6. The van der Waals surface area contributed by atoms with Crippen LogP contribution in [0.15, 0.2) is 18.3 Å². The molecule has 0 aliphatic carbocycles. The number of β-amino-alcohol motifs (C(OH)–C–C–N with tert-alkyl or cyclic N) is 1. The zero-order valence-corrected chi connectivity index (χ0v) is 18.7. The molecule has 0 amide bonds. The van der Waals surface area contributed by atoms with Crippen molar-refractivity contribution in [2.75, 3.05) is 63.7 Å². The van der Waals surface area contributed by atoms with E-state index in [-0.39, 0.29) is 6.61 Å². The fourth-order valence-corrected chi connectivity index (χ4v) is 3.75. The summed E-state index contributed by atoms with van der Waals surface area (Å²) in [5.41, 5.74) is 1.51. The third kappa shape index (κ3) is 6.18. The third-order valence-electron chi connectivity index (χ3n) is 5.50. The van der Waals surface area contributed by atoms with Gasteiger partial charge >= 0.3 is 0 Å². The smallest absolute Gasteiger partial charge is 0.256 e. The van der Waals surface area contributed by atoms with Gasteiger partial charge in [-0.15, -0.1) is 0 Å². The molecule has 0 spiro atoms. The highest BCUT2D eigenvalue weighted by molar-refractivity contribution is 5.58. The first kappa shape index (κ1) is 22.5. The Kier molecular flexibility index (Phi) is 7.56. The highest BCUT2D eigenvalue weighted by atomic mass is 16.5.